The van der Waals surface area contributed by atoms with Gasteiger partial charge in [-0.15, -0.1) is 14.4 Å². The molecule has 3 saturated heterocycles. The Kier molecular flexibility index (Phi) is 6.24. The molecule has 188 valence electrons. The average molecular weight is 520 g/mol. The maximum absolute atomic E-state index is 11.0. The van der Waals surface area contributed by atoms with Crippen LogP contribution in [0, 0.1) is 0 Å². The van der Waals surface area contributed by atoms with Crippen molar-refractivity contribution in [3.8, 4) is 0 Å². The van der Waals surface area contributed by atoms with E-state index in [2.05, 4.69) is 35.7 Å². The van der Waals surface area contributed by atoms with Crippen LogP contribution in [-0.2, 0) is 0 Å². The third-order valence-electron chi connectivity index (χ3n) is 6.05. The fourth-order valence-corrected chi connectivity index (χ4v) is 9.72. The number of hydrogen-bond acceptors (Lipinski definition) is 6. The Morgan fingerprint density at radius 2 is 1.33 bits per heavy atom. The maximum Gasteiger partial charge on any atom is 0.357 e. The summed E-state index contributed by atoms with van der Waals surface area (Å²) < 4.78 is 69.1. The second kappa shape index (κ2) is 8.24. The summed E-state index contributed by atoms with van der Waals surface area (Å²) in [6, 6.07) is 8.28. The molecule has 2 aromatic rings. The van der Waals surface area contributed by atoms with Gasteiger partial charge < -0.3 is 5.11 Å². The zero-order valence-electron chi connectivity index (χ0n) is 18.0. The standard InChI is InChI=1S/C18H28N6OP.F6P/c25-18-10-7-15-23(18)26(21-11-3-4-12-21,22-13-5-6-14-22)24-17-9-2-1-8-16(17)19-20-24;1-7(2,3,4,5)6/h1-2,8-9,18,25H,3-7,10-15H2;/q+1;-1. The Morgan fingerprint density at radius 1 is 0.818 bits per heavy atom. The first kappa shape index (κ1) is 25.0. The van der Waals surface area contributed by atoms with E-state index in [0.717, 1.165) is 56.6 Å². The molecule has 1 aromatic heterocycles. The Labute approximate surface area is 188 Å². The first-order valence-corrected chi connectivity index (χ1v) is 14.6. The zero-order valence-corrected chi connectivity index (χ0v) is 19.7. The van der Waals surface area contributed by atoms with E-state index in [4.69, 9.17) is 5.21 Å². The second-order valence-corrected chi connectivity index (χ2v) is 13.6. The fourth-order valence-electron chi connectivity index (χ4n) is 4.89. The number of nitrogens with zero attached hydrogens (tertiary/aromatic N) is 6. The van der Waals surface area contributed by atoms with Crippen molar-refractivity contribution in [2.45, 2.75) is 44.8 Å². The fraction of sp³-hybridized carbons (Fsp3) is 0.667. The number of para-hydroxylation sites is 1. The number of aromatic nitrogens is 3. The molecule has 4 heterocycles. The molecule has 15 heteroatoms. The van der Waals surface area contributed by atoms with Crippen molar-refractivity contribution in [3.05, 3.63) is 24.3 Å². The molecule has 3 fully saturated rings. The van der Waals surface area contributed by atoms with Crippen LogP contribution < -0.4 is 0 Å². The second-order valence-electron chi connectivity index (χ2n) is 8.57. The average Bonchev–Trinajstić information content (AvgIpc) is 3.50. The molecule has 33 heavy (non-hydrogen) atoms. The van der Waals surface area contributed by atoms with Crippen LogP contribution >= 0.6 is 15.7 Å². The summed E-state index contributed by atoms with van der Waals surface area (Å²) in [7, 11) is -12.8. The minimum atomic E-state index is -10.7. The van der Waals surface area contributed by atoms with Gasteiger partial charge in [-0.2, -0.15) is 0 Å². The molecule has 1 atom stereocenters. The molecular weight excluding hydrogens is 492 g/mol. The largest absolute Gasteiger partial charge is 0.375 e. The van der Waals surface area contributed by atoms with Gasteiger partial charge in [-0.05, 0) is 55.9 Å². The third-order valence-corrected chi connectivity index (χ3v) is 10.3. The molecule has 7 nitrogen and oxygen atoms in total. The van der Waals surface area contributed by atoms with Gasteiger partial charge in [-0.1, -0.05) is 21.3 Å². The summed E-state index contributed by atoms with van der Waals surface area (Å²) in [5.74, 6) is 0. The Hall–Kier alpha value is -1.10. The van der Waals surface area contributed by atoms with Crippen LogP contribution in [-0.4, -0.2) is 72.8 Å². The zero-order chi connectivity index (χ0) is 24.0. The number of aliphatic hydroxyl groups is 1. The molecule has 0 saturated carbocycles. The predicted octanol–water partition coefficient (Wildman–Crippen LogP) is 5.95. The normalized spacial score (nSPS) is 25.7. The summed E-state index contributed by atoms with van der Waals surface area (Å²) >= 11 is 0. The monoisotopic (exact) mass is 520 g/mol. The smallest absolute Gasteiger partial charge is 0.357 e. The van der Waals surface area contributed by atoms with Crippen molar-refractivity contribution in [1.29, 1.82) is 0 Å². The molecule has 3 aliphatic rings. The molecule has 0 radical (unpaired) electrons. The Bertz CT molecular complexity index is 951. The van der Waals surface area contributed by atoms with Crippen molar-refractivity contribution in [3.63, 3.8) is 0 Å². The Balaban J connectivity index is 0.000000325. The van der Waals surface area contributed by atoms with Gasteiger partial charge in [-0.25, -0.2) is 0 Å². The van der Waals surface area contributed by atoms with Crippen LogP contribution in [0.4, 0.5) is 25.2 Å². The van der Waals surface area contributed by atoms with E-state index < -0.39 is 15.7 Å². The number of fused-ring (bicyclic) bond motifs is 1. The van der Waals surface area contributed by atoms with E-state index in [0.29, 0.717) is 0 Å². The third kappa shape index (κ3) is 5.77. The minimum absolute atomic E-state index is 0.382. The summed E-state index contributed by atoms with van der Waals surface area (Å²) in [5, 5.41) is 20.2. The molecular formula is C18H28F6N6OP2. The van der Waals surface area contributed by atoms with Crippen LogP contribution in [0.2, 0.25) is 0 Å². The predicted molar refractivity (Wildman–Crippen MR) is 117 cm³/mol. The van der Waals surface area contributed by atoms with Crippen molar-refractivity contribution in [2.24, 2.45) is 0 Å². The van der Waals surface area contributed by atoms with Gasteiger partial charge in [0.05, 0.1) is 0 Å². The van der Waals surface area contributed by atoms with Gasteiger partial charge >= 0.3 is 40.9 Å². The molecule has 3 aliphatic heterocycles. The summed E-state index contributed by atoms with van der Waals surface area (Å²) in [6.45, 7) is 5.28. The molecule has 5 rings (SSSR count). The van der Waals surface area contributed by atoms with E-state index in [-0.39, 0.29) is 6.23 Å². The molecule has 0 aliphatic carbocycles. The number of halogens is 6. The van der Waals surface area contributed by atoms with Crippen molar-refractivity contribution >= 4 is 26.7 Å². The van der Waals surface area contributed by atoms with Crippen LogP contribution in [0.5, 0.6) is 0 Å². The summed E-state index contributed by atoms with van der Waals surface area (Å²) in [4.78, 5) is 0. The van der Waals surface area contributed by atoms with Gasteiger partial charge in [0, 0.05) is 32.7 Å². The molecule has 0 bridgehead atoms. The summed E-state index contributed by atoms with van der Waals surface area (Å²) in [6.07, 6.45) is 6.44. The minimum Gasteiger partial charge on any atom is -0.375 e. The van der Waals surface area contributed by atoms with E-state index in [1.807, 2.05) is 12.1 Å². The van der Waals surface area contributed by atoms with Gasteiger partial charge in [0.25, 0.3) is 0 Å². The quantitative estimate of drug-likeness (QED) is 0.398. The van der Waals surface area contributed by atoms with Gasteiger partial charge in [0.15, 0.2) is 0 Å². The van der Waals surface area contributed by atoms with Crippen LogP contribution in [0.15, 0.2) is 24.3 Å². The van der Waals surface area contributed by atoms with Gasteiger partial charge in [-0.3, -0.25) is 0 Å². The van der Waals surface area contributed by atoms with E-state index in [1.54, 1.807) is 0 Å². The van der Waals surface area contributed by atoms with Crippen molar-refractivity contribution in [1.82, 2.24) is 28.8 Å². The van der Waals surface area contributed by atoms with E-state index >= 15 is 0 Å². The van der Waals surface area contributed by atoms with Crippen molar-refractivity contribution in [2.75, 3.05) is 32.7 Å². The van der Waals surface area contributed by atoms with E-state index in [1.165, 1.54) is 25.7 Å². The molecule has 1 unspecified atom stereocenters. The van der Waals surface area contributed by atoms with Crippen molar-refractivity contribution < 1.29 is 30.3 Å². The first-order chi connectivity index (χ1) is 15.3. The number of aliphatic hydroxyl groups excluding tert-OH is 1. The maximum atomic E-state index is 11.0. The molecule has 1 N–H and O–H groups in total. The molecule has 0 spiro atoms. The van der Waals surface area contributed by atoms with Crippen LogP contribution in [0.25, 0.3) is 11.0 Å². The number of hydrogen-bond donors (Lipinski definition) is 1. The Morgan fingerprint density at radius 3 is 1.82 bits per heavy atom. The topological polar surface area (TPSA) is 60.7 Å². The SMILES string of the molecule is F[P-](F)(F)(F)(F)F.OC1CCCN1[P+](N1CCCC1)(N1CCCC1)n1nnc2ccccc21. The first-order valence-electron chi connectivity index (χ1n) is 11.0. The number of rotatable bonds is 4. The summed E-state index contributed by atoms with van der Waals surface area (Å²) in [5.41, 5.74) is 2.04. The van der Waals surface area contributed by atoms with Crippen LogP contribution in [0.1, 0.15) is 38.5 Å². The van der Waals surface area contributed by atoms with E-state index in [9.17, 15) is 30.3 Å². The van der Waals surface area contributed by atoms with Crippen LogP contribution in [0.3, 0.4) is 0 Å². The van der Waals surface area contributed by atoms with Gasteiger partial charge in [0.2, 0.25) is 0 Å². The molecule has 0 amide bonds. The number of benzene rings is 1. The van der Waals surface area contributed by atoms with Gasteiger partial charge in [0.1, 0.15) is 17.3 Å². The molecule has 1 aromatic carbocycles.